The smallest absolute Gasteiger partial charge is 0.264 e. The summed E-state index contributed by atoms with van der Waals surface area (Å²) in [6.45, 7) is 8.98. The van der Waals surface area contributed by atoms with Crippen LogP contribution in [-0.4, -0.2) is 128 Å². The number of likely N-dealkylation sites (tertiary alicyclic amines) is 2. The summed E-state index contributed by atoms with van der Waals surface area (Å²) in [5, 5.41) is 7.54. The van der Waals surface area contributed by atoms with Gasteiger partial charge in [0.2, 0.25) is 17.7 Å². The number of anilines is 2. The zero-order valence-electron chi connectivity index (χ0n) is 35.7. The number of rotatable bonds is 8. The summed E-state index contributed by atoms with van der Waals surface area (Å²) in [7, 11) is 0. The number of amides is 6. The Morgan fingerprint density at radius 1 is 0.746 bits per heavy atom. The van der Waals surface area contributed by atoms with Crippen LogP contribution in [0.5, 0.6) is 0 Å². The lowest BCUT2D eigenvalue weighted by Crippen LogP contribution is -2.54. The molecule has 1 N–H and O–H groups in total. The summed E-state index contributed by atoms with van der Waals surface area (Å²) in [6.07, 6.45) is 4.02. The van der Waals surface area contributed by atoms with Crippen molar-refractivity contribution in [3.05, 3.63) is 74.5 Å². The van der Waals surface area contributed by atoms with Crippen LogP contribution in [0, 0.1) is 0 Å². The number of piperidine rings is 3. The van der Waals surface area contributed by atoms with Crippen molar-refractivity contribution in [2.45, 2.75) is 109 Å². The molecule has 15 nitrogen and oxygen atoms in total. The highest BCUT2D eigenvalue weighted by molar-refractivity contribution is 6.23. The maximum absolute atomic E-state index is 14.8. The largest absolute Gasteiger partial charge is 0.339 e. The van der Waals surface area contributed by atoms with Gasteiger partial charge in [0.25, 0.3) is 24.1 Å². The number of aryl methyl sites for hydroxylation is 1. The van der Waals surface area contributed by atoms with Gasteiger partial charge in [-0.15, -0.1) is 0 Å². The molecular weight excluding hydrogens is 813 g/mol. The lowest BCUT2D eigenvalue weighted by atomic mass is 9.94. The molecule has 7 aliphatic heterocycles. The molecule has 332 valence electrons. The van der Waals surface area contributed by atoms with Crippen molar-refractivity contribution < 1.29 is 37.5 Å². The number of nitrogens with one attached hydrogen (secondary N) is 1. The third kappa shape index (κ3) is 7.49. The molecule has 1 aromatic heterocycles. The normalized spacial score (nSPS) is 22.1. The Hall–Kier alpha value is -5.55. The first-order chi connectivity index (χ1) is 30.4. The van der Waals surface area contributed by atoms with Crippen molar-refractivity contribution in [1.82, 2.24) is 39.6 Å². The standard InChI is InChI=1S/C46H53F2N9O6/c1-27(58)54-17-11-37-36(26-54)42(55-14-5-6-28-20-33(32(41(47)48)23-39(28)55)44(61)53-12-3-2-4-13-53)50-57(37)31-9-15-51(16-10-31)18-19-52-24-29-21-34-35(22-30(29)25-52)46(63)56(45(34)62)38-7-8-40(59)49-43(38)60/h20-23,31,38,41H,2-19,24-26H2,1H3,(H,49,59,60). The van der Waals surface area contributed by atoms with Crippen LogP contribution in [-0.2, 0) is 46.9 Å². The Labute approximate surface area is 364 Å². The quantitative estimate of drug-likeness (QED) is 0.321. The average Bonchev–Trinajstić information content (AvgIpc) is 3.95. The van der Waals surface area contributed by atoms with Crippen LogP contribution in [0.3, 0.4) is 0 Å². The molecule has 63 heavy (non-hydrogen) atoms. The van der Waals surface area contributed by atoms with Gasteiger partial charge in [0, 0.05) is 113 Å². The summed E-state index contributed by atoms with van der Waals surface area (Å²) < 4.78 is 31.8. The lowest BCUT2D eigenvalue weighted by Gasteiger charge is -2.34. The van der Waals surface area contributed by atoms with E-state index in [1.54, 1.807) is 30.0 Å². The molecule has 0 saturated carbocycles. The highest BCUT2D eigenvalue weighted by atomic mass is 19.3. The van der Waals surface area contributed by atoms with Crippen molar-refractivity contribution >= 4 is 46.9 Å². The van der Waals surface area contributed by atoms with E-state index in [4.69, 9.17) is 5.10 Å². The highest BCUT2D eigenvalue weighted by Crippen LogP contribution is 2.42. The summed E-state index contributed by atoms with van der Waals surface area (Å²) in [6, 6.07) is 5.96. The molecule has 1 atom stereocenters. The number of aromatic nitrogens is 2. The second-order valence-corrected chi connectivity index (χ2v) is 18.3. The number of benzene rings is 2. The molecule has 0 bridgehead atoms. The van der Waals surface area contributed by atoms with Crippen molar-refractivity contribution in [2.24, 2.45) is 0 Å². The van der Waals surface area contributed by atoms with E-state index in [1.807, 2.05) is 4.90 Å². The number of hydrogen-bond acceptors (Lipinski definition) is 10. The van der Waals surface area contributed by atoms with Crippen molar-refractivity contribution in [3.8, 4) is 0 Å². The van der Waals surface area contributed by atoms with Gasteiger partial charge in [-0.05, 0) is 92.3 Å². The molecule has 0 aliphatic carbocycles. The fraction of sp³-hybridized carbons (Fsp3) is 0.543. The third-order valence-corrected chi connectivity index (χ3v) is 14.4. The van der Waals surface area contributed by atoms with Crippen molar-refractivity contribution in [2.75, 3.05) is 57.3 Å². The minimum atomic E-state index is -2.81. The van der Waals surface area contributed by atoms with Crippen LogP contribution in [0.1, 0.15) is 135 Å². The van der Waals surface area contributed by atoms with Crippen LogP contribution >= 0.6 is 0 Å². The Kier molecular flexibility index (Phi) is 10.9. The van der Waals surface area contributed by atoms with Gasteiger partial charge in [-0.2, -0.15) is 5.10 Å². The first-order valence-electron chi connectivity index (χ1n) is 22.6. The highest BCUT2D eigenvalue weighted by Gasteiger charge is 2.45. The molecule has 0 spiro atoms. The first-order valence-corrected chi connectivity index (χ1v) is 22.6. The molecule has 1 unspecified atom stereocenters. The van der Waals surface area contributed by atoms with E-state index in [9.17, 15) is 37.5 Å². The molecule has 2 aromatic carbocycles. The number of nitrogens with zero attached hydrogens (tertiary/aromatic N) is 8. The van der Waals surface area contributed by atoms with E-state index in [0.29, 0.717) is 81.3 Å². The predicted molar refractivity (Wildman–Crippen MR) is 225 cm³/mol. The molecule has 3 fully saturated rings. The minimum Gasteiger partial charge on any atom is -0.339 e. The zero-order chi connectivity index (χ0) is 43.7. The van der Waals surface area contributed by atoms with Gasteiger partial charge in [-0.25, -0.2) is 8.78 Å². The molecule has 8 heterocycles. The molecule has 0 radical (unpaired) electrons. The van der Waals surface area contributed by atoms with E-state index >= 15 is 0 Å². The van der Waals surface area contributed by atoms with Crippen molar-refractivity contribution in [1.29, 1.82) is 0 Å². The molecule has 10 rings (SSSR count). The maximum atomic E-state index is 14.8. The van der Waals surface area contributed by atoms with E-state index < -0.39 is 36.1 Å². The fourth-order valence-electron chi connectivity index (χ4n) is 11.0. The Bertz CT molecular complexity index is 2380. The first kappa shape index (κ1) is 41.5. The van der Waals surface area contributed by atoms with Crippen LogP contribution in [0.4, 0.5) is 20.3 Å². The van der Waals surface area contributed by atoms with E-state index in [-0.39, 0.29) is 41.8 Å². The number of fused-ring (bicyclic) bond motifs is 4. The Balaban J connectivity index is 0.820. The SMILES string of the molecule is CC(=O)N1CCc2c(c(N3CCCc4cc(C(=O)N5CCCCC5)c(C(F)F)cc43)nn2C2CCN(CCN3Cc4cc5c(cc4C3)C(=O)N(C3CCC(=O)NC3=O)C5=O)CC2)C1. The monoisotopic (exact) mass is 865 g/mol. The van der Waals surface area contributed by atoms with Crippen LogP contribution in [0.2, 0.25) is 0 Å². The fourth-order valence-corrected chi connectivity index (χ4v) is 11.0. The third-order valence-electron chi connectivity index (χ3n) is 14.4. The number of alkyl halides is 2. The number of imide groups is 2. The minimum absolute atomic E-state index is 0.0174. The lowest BCUT2D eigenvalue weighted by molar-refractivity contribution is -0.136. The van der Waals surface area contributed by atoms with E-state index in [1.165, 1.54) is 6.07 Å². The average molecular weight is 866 g/mol. The molecule has 3 aromatic rings. The maximum Gasteiger partial charge on any atom is 0.264 e. The number of carbonyl (C=O) groups is 6. The van der Waals surface area contributed by atoms with Gasteiger partial charge in [-0.3, -0.25) is 48.6 Å². The molecule has 17 heteroatoms. The van der Waals surface area contributed by atoms with Crippen molar-refractivity contribution in [3.63, 3.8) is 0 Å². The van der Waals surface area contributed by atoms with Gasteiger partial charge < -0.3 is 19.6 Å². The van der Waals surface area contributed by atoms with Gasteiger partial charge in [0.15, 0.2) is 5.82 Å². The summed E-state index contributed by atoms with van der Waals surface area (Å²) in [5.74, 6) is -1.64. The Morgan fingerprint density at radius 3 is 2.11 bits per heavy atom. The molecule has 6 amide bonds. The zero-order valence-corrected chi connectivity index (χ0v) is 35.7. The molecular formula is C46H53F2N9O6. The second-order valence-electron chi connectivity index (χ2n) is 18.3. The van der Waals surface area contributed by atoms with Gasteiger partial charge >= 0.3 is 0 Å². The number of hydrogen-bond donors (Lipinski definition) is 1. The van der Waals surface area contributed by atoms with E-state index in [2.05, 4.69) is 24.7 Å². The number of halogens is 2. The van der Waals surface area contributed by atoms with Gasteiger partial charge in [-0.1, -0.05) is 0 Å². The Morgan fingerprint density at radius 2 is 1.44 bits per heavy atom. The number of carbonyl (C=O) groups excluding carboxylic acids is 6. The van der Waals surface area contributed by atoms with Crippen LogP contribution < -0.4 is 10.2 Å². The summed E-state index contributed by atoms with van der Waals surface area (Å²) >= 11 is 0. The van der Waals surface area contributed by atoms with Crippen LogP contribution in [0.25, 0.3) is 0 Å². The van der Waals surface area contributed by atoms with Gasteiger partial charge in [0.1, 0.15) is 6.04 Å². The van der Waals surface area contributed by atoms with Gasteiger partial charge in [0.05, 0.1) is 23.7 Å². The topological polar surface area (TPSA) is 152 Å². The molecule has 3 saturated heterocycles. The predicted octanol–water partition coefficient (Wildman–Crippen LogP) is 4.49. The second kappa shape index (κ2) is 16.5. The summed E-state index contributed by atoms with van der Waals surface area (Å²) in [4.78, 5) is 88.6. The van der Waals surface area contributed by atoms with Crippen LogP contribution in [0.15, 0.2) is 24.3 Å². The summed E-state index contributed by atoms with van der Waals surface area (Å²) in [5.41, 5.74) is 6.04. The molecule has 7 aliphatic rings. The van der Waals surface area contributed by atoms with E-state index in [0.717, 1.165) is 97.6 Å².